The number of nitrogens with zero attached hydrogens (tertiary/aromatic N) is 5. The van der Waals surface area contributed by atoms with Crippen LogP contribution in [0.4, 0.5) is 5.95 Å². The zero-order chi connectivity index (χ0) is 21.1. The lowest BCUT2D eigenvalue weighted by molar-refractivity contribution is 0.278. The van der Waals surface area contributed by atoms with Gasteiger partial charge in [0.2, 0.25) is 5.95 Å². The molecule has 11 nitrogen and oxygen atoms in total. The fourth-order valence-electron chi connectivity index (χ4n) is 3.02. The zero-order valence-electron chi connectivity index (χ0n) is 16.5. The third kappa shape index (κ3) is 3.47. The summed E-state index contributed by atoms with van der Waals surface area (Å²) in [5.41, 5.74) is 2.82. The molecule has 0 aliphatic carbocycles. The van der Waals surface area contributed by atoms with Crippen LogP contribution >= 0.6 is 0 Å². The zero-order valence-corrected chi connectivity index (χ0v) is 16.5. The fourth-order valence-corrected chi connectivity index (χ4v) is 3.02. The Labute approximate surface area is 165 Å². The predicted octanol–water partition coefficient (Wildman–Crippen LogP) is -0.111. The summed E-state index contributed by atoms with van der Waals surface area (Å²) in [6.45, 7) is -0.121. The van der Waals surface area contributed by atoms with E-state index in [9.17, 15) is 14.7 Å². The third-order valence-electron chi connectivity index (χ3n) is 4.47. The molecule has 0 amide bonds. The summed E-state index contributed by atoms with van der Waals surface area (Å²) in [6.07, 6.45) is 1.52. The van der Waals surface area contributed by atoms with Crippen molar-refractivity contribution in [3.05, 3.63) is 44.6 Å². The number of aliphatic hydroxyl groups is 1. The maximum atomic E-state index is 12.6. The monoisotopic (exact) mass is 402 g/mol. The van der Waals surface area contributed by atoms with E-state index in [-0.39, 0.29) is 30.3 Å². The SMILES string of the molecule is COc1cccc(C=NNc2nc3c(c(=O)n(C)c(=O)n3C)n2CCO)c1OC. The highest BCUT2D eigenvalue weighted by Gasteiger charge is 2.18. The second-order valence-corrected chi connectivity index (χ2v) is 6.14. The molecule has 2 N–H and O–H groups in total. The molecule has 3 rings (SSSR count). The van der Waals surface area contributed by atoms with Crippen LogP contribution in [0.15, 0.2) is 32.9 Å². The number of aromatic nitrogens is 4. The molecule has 0 aliphatic rings. The van der Waals surface area contributed by atoms with Gasteiger partial charge in [0, 0.05) is 26.2 Å². The lowest BCUT2D eigenvalue weighted by Gasteiger charge is -2.09. The van der Waals surface area contributed by atoms with Crippen molar-refractivity contribution in [2.24, 2.45) is 19.2 Å². The molecule has 0 saturated heterocycles. The average molecular weight is 402 g/mol. The van der Waals surface area contributed by atoms with E-state index in [1.54, 1.807) is 25.3 Å². The summed E-state index contributed by atoms with van der Waals surface area (Å²) in [4.78, 5) is 29.1. The molecule has 3 aromatic rings. The van der Waals surface area contributed by atoms with E-state index in [4.69, 9.17) is 9.47 Å². The lowest BCUT2D eigenvalue weighted by Crippen LogP contribution is -2.37. The molecule has 0 bridgehead atoms. The van der Waals surface area contributed by atoms with Crippen LogP contribution < -0.4 is 26.1 Å². The first-order valence-electron chi connectivity index (χ1n) is 8.71. The number of fused-ring (bicyclic) bond motifs is 1. The van der Waals surface area contributed by atoms with Crippen molar-refractivity contribution in [1.29, 1.82) is 0 Å². The number of hydrogen-bond donors (Lipinski definition) is 2. The van der Waals surface area contributed by atoms with E-state index >= 15 is 0 Å². The van der Waals surface area contributed by atoms with Crippen LogP contribution in [0.2, 0.25) is 0 Å². The lowest BCUT2D eigenvalue weighted by atomic mass is 10.2. The van der Waals surface area contributed by atoms with Crippen LogP contribution in [0.5, 0.6) is 11.5 Å². The van der Waals surface area contributed by atoms with Gasteiger partial charge in [-0.05, 0) is 12.1 Å². The van der Waals surface area contributed by atoms with E-state index in [0.29, 0.717) is 17.1 Å². The summed E-state index contributed by atoms with van der Waals surface area (Å²) in [5.74, 6) is 1.29. The van der Waals surface area contributed by atoms with E-state index in [2.05, 4.69) is 15.5 Å². The Morgan fingerprint density at radius 3 is 2.62 bits per heavy atom. The van der Waals surface area contributed by atoms with Gasteiger partial charge in [0.1, 0.15) is 0 Å². The molecule has 2 aromatic heterocycles. The minimum absolute atomic E-state index is 0.101. The number of aliphatic hydroxyl groups excluding tert-OH is 1. The Kier molecular flexibility index (Phi) is 5.69. The highest BCUT2D eigenvalue weighted by Crippen LogP contribution is 2.29. The van der Waals surface area contributed by atoms with E-state index in [1.807, 2.05) is 0 Å². The summed E-state index contributed by atoms with van der Waals surface area (Å²) >= 11 is 0. The molecule has 154 valence electrons. The molecule has 1 aromatic carbocycles. The van der Waals surface area contributed by atoms with Gasteiger partial charge in [0.05, 0.1) is 27.0 Å². The summed E-state index contributed by atoms with van der Waals surface area (Å²) in [7, 11) is 5.98. The summed E-state index contributed by atoms with van der Waals surface area (Å²) < 4.78 is 14.4. The number of imidazole rings is 1. The maximum Gasteiger partial charge on any atom is 0.332 e. The molecule has 0 aliphatic heterocycles. The standard InChI is InChI=1S/C18H22N6O5/c1-22-15-13(16(26)23(2)18(22)27)24(8-9-25)17(20-15)21-19-10-11-6-5-7-12(28-3)14(11)29-4/h5-7,10,25H,8-9H2,1-4H3,(H,20,21). The fraction of sp³-hybridized carbons (Fsp3) is 0.333. The molecule has 0 atom stereocenters. The van der Waals surface area contributed by atoms with Gasteiger partial charge in [-0.3, -0.25) is 13.9 Å². The van der Waals surface area contributed by atoms with Crippen molar-refractivity contribution in [1.82, 2.24) is 18.7 Å². The quantitative estimate of drug-likeness (QED) is 0.417. The molecule has 0 radical (unpaired) electrons. The van der Waals surface area contributed by atoms with E-state index in [0.717, 1.165) is 4.57 Å². The van der Waals surface area contributed by atoms with E-state index in [1.165, 1.54) is 36.6 Å². The van der Waals surface area contributed by atoms with Gasteiger partial charge in [-0.15, -0.1) is 0 Å². The molecular weight excluding hydrogens is 380 g/mol. The Balaban J connectivity index is 2.05. The van der Waals surface area contributed by atoms with Crippen LogP contribution in [0.1, 0.15) is 5.56 Å². The normalized spacial score (nSPS) is 11.3. The molecular formula is C18H22N6O5. The third-order valence-corrected chi connectivity index (χ3v) is 4.47. The molecule has 0 fully saturated rings. The topological polar surface area (TPSA) is 125 Å². The number of methoxy groups -OCH3 is 2. The average Bonchev–Trinajstić information content (AvgIpc) is 3.09. The van der Waals surface area contributed by atoms with Gasteiger partial charge in [-0.2, -0.15) is 10.1 Å². The van der Waals surface area contributed by atoms with Gasteiger partial charge in [0.25, 0.3) is 5.56 Å². The van der Waals surface area contributed by atoms with Gasteiger partial charge in [0.15, 0.2) is 22.7 Å². The smallest absolute Gasteiger partial charge is 0.332 e. The number of benzene rings is 1. The van der Waals surface area contributed by atoms with Crippen LogP contribution in [0.3, 0.4) is 0 Å². The predicted molar refractivity (Wildman–Crippen MR) is 108 cm³/mol. The number of para-hydroxylation sites is 1. The maximum absolute atomic E-state index is 12.6. The first-order valence-corrected chi connectivity index (χ1v) is 8.71. The Bertz CT molecular complexity index is 1190. The number of hydrazone groups is 1. The van der Waals surface area contributed by atoms with Gasteiger partial charge in [-0.25, -0.2) is 10.2 Å². The molecule has 11 heteroatoms. The Morgan fingerprint density at radius 1 is 1.21 bits per heavy atom. The molecule has 0 saturated carbocycles. The highest BCUT2D eigenvalue weighted by atomic mass is 16.5. The van der Waals surface area contributed by atoms with Crippen molar-refractivity contribution < 1.29 is 14.6 Å². The van der Waals surface area contributed by atoms with Crippen molar-refractivity contribution >= 4 is 23.3 Å². The first kappa shape index (κ1) is 20.1. The van der Waals surface area contributed by atoms with Gasteiger partial charge in [-0.1, -0.05) is 6.07 Å². The largest absolute Gasteiger partial charge is 0.493 e. The first-order chi connectivity index (χ1) is 13.9. The molecule has 0 spiro atoms. The minimum atomic E-state index is -0.504. The van der Waals surface area contributed by atoms with Gasteiger partial charge >= 0.3 is 5.69 Å². The van der Waals surface area contributed by atoms with Crippen molar-refractivity contribution in [3.8, 4) is 11.5 Å². The van der Waals surface area contributed by atoms with Crippen molar-refractivity contribution in [2.45, 2.75) is 6.54 Å². The van der Waals surface area contributed by atoms with E-state index < -0.39 is 11.2 Å². The molecule has 2 heterocycles. The Morgan fingerprint density at radius 2 is 1.97 bits per heavy atom. The van der Waals surface area contributed by atoms with Crippen LogP contribution in [0, 0.1) is 0 Å². The Hall–Kier alpha value is -3.60. The number of anilines is 1. The van der Waals surface area contributed by atoms with Crippen LogP contribution in [-0.4, -0.2) is 50.8 Å². The molecule has 29 heavy (non-hydrogen) atoms. The number of rotatable bonds is 7. The summed E-state index contributed by atoms with van der Waals surface area (Å²) in [5, 5.41) is 13.6. The number of hydrogen-bond acceptors (Lipinski definition) is 8. The molecule has 0 unspecified atom stereocenters. The highest BCUT2D eigenvalue weighted by molar-refractivity contribution is 5.85. The van der Waals surface area contributed by atoms with Crippen molar-refractivity contribution in [3.63, 3.8) is 0 Å². The number of aryl methyl sites for hydroxylation is 1. The van der Waals surface area contributed by atoms with Crippen molar-refractivity contribution in [2.75, 3.05) is 26.3 Å². The van der Waals surface area contributed by atoms with Gasteiger partial charge < -0.3 is 19.1 Å². The van der Waals surface area contributed by atoms with Crippen LogP contribution in [0.25, 0.3) is 11.2 Å². The van der Waals surface area contributed by atoms with Crippen LogP contribution in [-0.2, 0) is 20.6 Å². The number of nitrogens with one attached hydrogen (secondary N) is 1. The summed E-state index contributed by atoms with van der Waals surface area (Å²) in [6, 6.07) is 5.35. The number of ether oxygens (including phenoxy) is 2. The minimum Gasteiger partial charge on any atom is -0.493 e. The second-order valence-electron chi connectivity index (χ2n) is 6.14. The second kappa shape index (κ2) is 8.19.